The molecule has 8 heteroatoms. The van der Waals surface area contributed by atoms with Gasteiger partial charge in [-0.25, -0.2) is 0 Å². The molecule has 0 unspecified atom stereocenters. The zero-order valence-corrected chi connectivity index (χ0v) is 16.8. The summed E-state index contributed by atoms with van der Waals surface area (Å²) in [5.74, 6) is -0.471. The zero-order chi connectivity index (χ0) is 18.3. The van der Waals surface area contributed by atoms with E-state index in [2.05, 4.69) is 20.7 Å². The SMILES string of the molecule is COC(=O)CCN(CC(C)C)C(=O)CN(C)C(=O)c1ccc(Br)s1. The molecule has 0 N–H and O–H groups in total. The van der Waals surface area contributed by atoms with Crippen molar-refractivity contribution in [3.8, 4) is 0 Å². The molecular formula is C16H23BrN2O4S. The molecule has 1 rings (SSSR count). The fourth-order valence-corrected chi connectivity index (χ4v) is 3.46. The predicted molar refractivity (Wildman–Crippen MR) is 97.0 cm³/mol. The molecule has 24 heavy (non-hydrogen) atoms. The van der Waals surface area contributed by atoms with E-state index in [1.165, 1.54) is 23.3 Å². The highest BCUT2D eigenvalue weighted by atomic mass is 79.9. The largest absolute Gasteiger partial charge is 0.469 e. The van der Waals surface area contributed by atoms with E-state index in [4.69, 9.17) is 0 Å². The number of esters is 1. The monoisotopic (exact) mass is 418 g/mol. The number of halogens is 1. The number of amides is 2. The first-order valence-electron chi connectivity index (χ1n) is 7.60. The van der Waals surface area contributed by atoms with Crippen molar-refractivity contribution in [2.45, 2.75) is 20.3 Å². The first-order chi connectivity index (χ1) is 11.2. The van der Waals surface area contributed by atoms with E-state index >= 15 is 0 Å². The van der Waals surface area contributed by atoms with Gasteiger partial charge in [0.05, 0.1) is 28.7 Å². The standard InChI is InChI=1S/C16H23BrN2O4S/c1-11(2)9-19(8-7-15(21)23-4)14(20)10-18(3)16(22)12-5-6-13(17)24-12/h5-6,11H,7-10H2,1-4H3. The highest BCUT2D eigenvalue weighted by Gasteiger charge is 2.21. The van der Waals surface area contributed by atoms with Crippen LogP contribution < -0.4 is 0 Å². The number of methoxy groups -OCH3 is 1. The van der Waals surface area contributed by atoms with Gasteiger partial charge in [0.15, 0.2) is 0 Å². The Labute approximate surface area is 154 Å². The third-order valence-electron chi connectivity index (χ3n) is 3.25. The number of likely N-dealkylation sites (N-methyl/N-ethyl adjacent to an activating group) is 1. The minimum atomic E-state index is -0.357. The summed E-state index contributed by atoms with van der Waals surface area (Å²) in [6.07, 6.45) is 0.143. The van der Waals surface area contributed by atoms with E-state index in [1.807, 2.05) is 13.8 Å². The maximum Gasteiger partial charge on any atom is 0.307 e. The lowest BCUT2D eigenvalue weighted by Crippen LogP contribution is -2.43. The van der Waals surface area contributed by atoms with E-state index in [9.17, 15) is 14.4 Å². The van der Waals surface area contributed by atoms with Gasteiger partial charge >= 0.3 is 5.97 Å². The summed E-state index contributed by atoms with van der Waals surface area (Å²) in [5, 5.41) is 0. The van der Waals surface area contributed by atoms with Crippen molar-refractivity contribution >= 4 is 45.1 Å². The van der Waals surface area contributed by atoms with E-state index in [1.54, 1.807) is 24.1 Å². The quantitative estimate of drug-likeness (QED) is 0.608. The van der Waals surface area contributed by atoms with Crippen molar-refractivity contribution in [3.63, 3.8) is 0 Å². The summed E-state index contributed by atoms with van der Waals surface area (Å²) in [7, 11) is 2.92. The second-order valence-corrected chi connectivity index (χ2v) is 8.29. The topological polar surface area (TPSA) is 66.9 Å². The lowest BCUT2D eigenvalue weighted by molar-refractivity contribution is -0.142. The van der Waals surface area contributed by atoms with Crippen LogP contribution in [0.25, 0.3) is 0 Å². The minimum absolute atomic E-state index is 0.0256. The van der Waals surface area contributed by atoms with Gasteiger partial charge in [-0.3, -0.25) is 14.4 Å². The van der Waals surface area contributed by atoms with E-state index < -0.39 is 0 Å². The molecule has 0 atom stereocenters. The van der Waals surface area contributed by atoms with Crippen LogP contribution in [0.5, 0.6) is 0 Å². The minimum Gasteiger partial charge on any atom is -0.469 e. The number of hydrogen-bond donors (Lipinski definition) is 0. The summed E-state index contributed by atoms with van der Waals surface area (Å²) in [4.78, 5) is 39.7. The molecule has 0 aliphatic carbocycles. The molecule has 1 aromatic heterocycles. The maximum absolute atomic E-state index is 12.5. The highest BCUT2D eigenvalue weighted by molar-refractivity contribution is 9.11. The molecule has 2 amide bonds. The van der Waals surface area contributed by atoms with Gasteiger partial charge in [0.1, 0.15) is 0 Å². The van der Waals surface area contributed by atoms with Gasteiger partial charge in [-0.2, -0.15) is 0 Å². The Bertz CT molecular complexity index is 588. The van der Waals surface area contributed by atoms with Crippen LogP contribution in [0.2, 0.25) is 0 Å². The van der Waals surface area contributed by atoms with Crippen LogP contribution in [0.15, 0.2) is 15.9 Å². The molecule has 0 aliphatic heterocycles. The van der Waals surface area contributed by atoms with Crippen molar-refractivity contribution in [1.29, 1.82) is 0 Å². The average molecular weight is 419 g/mol. The molecule has 0 bridgehead atoms. The van der Waals surface area contributed by atoms with Gasteiger partial charge in [0.2, 0.25) is 5.91 Å². The fourth-order valence-electron chi connectivity index (χ4n) is 2.08. The Morgan fingerprint density at radius 1 is 1.29 bits per heavy atom. The molecule has 0 saturated carbocycles. The van der Waals surface area contributed by atoms with Gasteiger partial charge in [-0.15, -0.1) is 11.3 Å². The normalized spacial score (nSPS) is 10.6. The number of carbonyl (C=O) groups is 3. The Hall–Kier alpha value is -1.41. The van der Waals surface area contributed by atoms with Crippen molar-refractivity contribution in [2.24, 2.45) is 5.92 Å². The number of nitrogens with zero attached hydrogens (tertiary/aromatic N) is 2. The summed E-state index contributed by atoms with van der Waals surface area (Å²) in [6.45, 7) is 4.79. The van der Waals surface area contributed by atoms with E-state index in [0.29, 0.717) is 11.4 Å². The van der Waals surface area contributed by atoms with Crippen molar-refractivity contribution in [3.05, 3.63) is 20.8 Å². The Morgan fingerprint density at radius 3 is 2.46 bits per heavy atom. The van der Waals surface area contributed by atoms with Gasteiger partial charge in [0.25, 0.3) is 5.91 Å². The molecule has 0 radical (unpaired) electrons. The van der Waals surface area contributed by atoms with Crippen LogP contribution in [-0.2, 0) is 14.3 Å². The second kappa shape index (κ2) is 9.78. The van der Waals surface area contributed by atoms with Crippen LogP contribution in [0.1, 0.15) is 29.9 Å². The molecule has 0 aromatic carbocycles. The summed E-state index contributed by atoms with van der Waals surface area (Å²) >= 11 is 4.65. The van der Waals surface area contributed by atoms with Crippen LogP contribution >= 0.6 is 27.3 Å². The predicted octanol–water partition coefficient (Wildman–Crippen LogP) is 2.63. The molecule has 134 valence electrons. The summed E-state index contributed by atoms with van der Waals surface area (Å²) in [5.41, 5.74) is 0. The third kappa shape index (κ3) is 6.60. The van der Waals surface area contributed by atoms with Crippen molar-refractivity contribution < 1.29 is 19.1 Å². The van der Waals surface area contributed by atoms with Crippen molar-refractivity contribution in [2.75, 3.05) is 33.8 Å². The van der Waals surface area contributed by atoms with Gasteiger partial charge in [-0.05, 0) is 34.0 Å². The van der Waals surface area contributed by atoms with Crippen LogP contribution in [0.3, 0.4) is 0 Å². The Morgan fingerprint density at radius 2 is 1.96 bits per heavy atom. The lowest BCUT2D eigenvalue weighted by atomic mass is 10.2. The molecule has 0 aliphatic rings. The number of thiophene rings is 1. The second-order valence-electron chi connectivity index (χ2n) is 5.82. The molecule has 0 saturated heterocycles. The first kappa shape index (κ1) is 20.6. The van der Waals surface area contributed by atoms with Crippen LogP contribution in [0.4, 0.5) is 0 Å². The Kier molecular flexibility index (Phi) is 8.41. The van der Waals surface area contributed by atoms with Gasteiger partial charge in [-0.1, -0.05) is 13.8 Å². The average Bonchev–Trinajstić information content (AvgIpc) is 2.96. The van der Waals surface area contributed by atoms with Gasteiger partial charge in [0, 0.05) is 20.1 Å². The first-order valence-corrected chi connectivity index (χ1v) is 9.21. The molecule has 0 fully saturated rings. The number of rotatable bonds is 8. The number of carbonyl (C=O) groups excluding carboxylic acids is 3. The van der Waals surface area contributed by atoms with Gasteiger partial charge < -0.3 is 14.5 Å². The molecular weight excluding hydrogens is 396 g/mol. The molecule has 6 nitrogen and oxygen atoms in total. The lowest BCUT2D eigenvalue weighted by Gasteiger charge is -2.26. The number of hydrogen-bond acceptors (Lipinski definition) is 5. The number of ether oxygens (including phenoxy) is 1. The Balaban J connectivity index is 2.68. The fraction of sp³-hybridized carbons (Fsp3) is 0.562. The highest BCUT2D eigenvalue weighted by Crippen LogP contribution is 2.23. The van der Waals surface area contributed by atoms with Crippen LogP contribution in [0, 0.1) is 5.92 Å². The van der Waals surface area contributed by atoms with E-state index in [-0.39, 0.29) is 43.2 Å². The van der Waals surface area contributed by atoms with Crippen molar-refractivity contribution in [1.82, 2.24) is 9.80 Å². The third-order valence-corrected chi connectivity index (χ3v) is 4.87. The smallest absolute Gasteiger partial charge is 0.307 e. The molecule has 1 aromatic rings. The molecule has 1 heterocycles. The van der Waals surface area contributed by atoms with Crippen LogP contribution in [-0.4, -0.2) is 61.4 Å². The molecule has 0 spiro atoms. The summed E-state index contributed by atoms with van der Waals surface area (Å²) < 4.78 is 5.49. The maximum atomic E-state index is 12.5. The zero-order valence-electron chi connectivity index (χ0n) is 14.4. The summed E-state index contributed by atoms with van der Waals surface area (Å²) in [6, 6.07) is 3.52. The van der Waals surface area contributed by atoms with E-state index in [0.717, 1.165) is 3.79 Å².